The first kappa shape index (κ1) is 83.1. The van der Waals surface area contributed by atoms with E-state index in [1.165, 1.54) is 59.2 Å². The van der Waals surface area contributed by atoms with E-state index in [1.807, 2.05) is 134 Å². The Kier molecular flexibility index (Phi) is 24.9. The zero-order chi connectivity index (χ0) is 83.7. The summed E-state index contributed by atoms with van der Waals surface area (Å²) < 4.78 is 71.4. The van der Waals surface area contributed by atoms with Gasteiger partial charge in [0.1, 0.15) is 74.0 Å². The fourth-order valence-corrected chi connectivity index (χ4v) is 17.2. The molecular formula is C90H90BrF3N12O10S2. The zero-order valence-electron chi connectivity index (χ0n) is 66.7. The van der Waals surface area contributed by atoms with Crippen molar-refractivity contribution in [1.29, 1.82) is 0 Å². The summed E-state index contributed by atoms with van der Waals surface area (Å²) in [6.07, 6.45) is 2.49. The van der Waals surface area contributed by atoms with Gasteiger partial charge in [0.05, 0.1) is 37.8 Å². The third-order valence-electron chi connectivity index (χ3n) is 21.3. The van der Waals surface area contributed by atoms with Crippen molar-refractivity contribution in [2.45, 2.75) is 119 Å². The molecule has 0 aliphatic heterocycles. The highest BCUT2D eigenvalue weighted by atomic mass is 79.9. The van der Waals surface area contributed by atoms with Gasteiger partial charge in [-0.3, -0.25) is 42.5 Å². The van der Waals surface area contributed by atoms with Crippen LogP contribution in [0.3, 0.4) is 0 Å². The van der Waals surface area contributed by atoms with E-state index in [4.69, 9.17) is 49.8 Å². The van der Waals surface area contributed by atoms with E-state index in [9.17, 15) is 41.9 Å². The summed E-state index contributed by atoms with van der Waals surface area (Å²) in [5, 5.41) is 5.31. The number of rotatable bonds is 25. The molecule has 16 rings (SSSR count). The summed E-state index contributed by atoms with van der Waals surface area (Å²) in [7, 11) is 0. The van der Waals surface area contributed by atoms with Gasteiger partial charge in [-0.1, -0.05) is 87.2 Å². The molecule has 1 aliphatic carbocycles. The van der Waals surface area contributed by atoms with E-state index in [-0.39, 0.29) is 120 Å². The Morgan fingerprint density at radius 2 is 0.839 bits per heavy atom. The van der Waals surface area contributed by atoms with Gasteiger partial charge in [0.2, 0.25) is 16.7 Å². The van der Waals surface area contributed by atoms with Crippen LogP contribution in [0.25, 0.3) is 66.2 Å². The molecule has 0 saturated heterocycles. The number of hydrogen-bond donors (Lipinski definition) is 3. The molecule has 3 amide bonds. The van der Waals surface area contributed by atoms with Crippen LogP contribution in [0.4, 0.5) is 13.2 Å². The van der Waals surface area contributed by atoms with Crippen molar-refractivity contribution in [2.24, 2.45) is 35.0 Å². The van der Waals surface area contributed by atoms with Gasteiger partial charge in [-0.25, -0.2) is 28.1 Å². The van der Waals surface area contributed by atoms with E-state index in [2.05, 4.69) is 15.9 Å². The highest BCUT2D eigenvalue weighted by Gasteiger charge is 2.43. The number of carbonyl (C=O) groups excluding carboxylic acids is 3. The van der Waals surface area contributed by atoms with Crippen molar-refractivity contribution in [2.75, 3.05) is 39.3 Å². The third kappa shape index (κ3) is 17.3. The van der Waals surface area contributed by atoms with E-state index < -0.39 is 41.1 Å². The van der Waals surface area contributed by atoms with Crippen molar-refractivity contribution in [3.8, 4) is 0 Å². The van der Waals surface area contributed by atoms with Gasteiger partial charge < -0.3 is 49.6 Å². The summed E-state index contributed by atoms with van der Waals surface area (Å²) in [6.45, 7) is 20.0. The number of fused-ring (bicyclic) bond motifs is 9. The number of benzene rings is 6. The van der Waals surface area contributed by atoms with Crippen molar-refractivity contribution in [1.82, 2.24) is 43.4 Å². The maximum absolute atomic E-state index is 14.3. The topological polar surface area (TPSA) is 296 Å². The van der Waals surface area contributed by atoms with E-state index in [0.717, 1.165) is 50.4 Å². The molecule has 9 aromatic heterocycles. The first-order valence-corrected chi connectivity index (χ1v) is 41.7. The number of thiophene rings is 2. The van der Waals surface area contributed by atoms with Gasteiger partial charge in [-0.05, 0) is 218 Å². The summed E-state index contributed by atoms with van der Waals surface area (Å²) in [5.41, 5.74) is 25.9. The zero-order valence-corrected chi connectivity index (χ0v) is 69.9. The van der Waals surface area contributed by atoms with E-state index in [1.54, 1.807) is 82.9 Å². The Hall–Kier alpha value is -11.4. The highest BCUT2D eigenvalue weighted by Crippen LogP contribution is 2.46. The van der Waals surface area contributed by atoms with Crippen LogP contribution >= 0.6 is 38.6 Å². The second kappa shape index (κ2) is 35.4. The molecule has 0 radical (unpaired) electrons. The van der Waals surface area contributed by atoms with Crippen LogP contribution in [0.5, 0.6) is 0 Å². The van der Waals surface area contributed by atoms with Gasteiger partial charge in [-0.2, -0.15) is 0 Å². The van der Waals surface area contributed by atoms with Crippen LogP contribution in [0.2, 0.25) is 0 Å². The Morgan fingerprint density at radius 3 is 1.19 bits per heavy atom. The van der Waals surface area contributed by atoms with Crippen molar-refractivity contribution >= 4 is 123 Å². The fraction of sp³-hybridized carbons (Fsp3) is 0.300. The minimum atomic E-state index is -0.628. The largest absolute Gasteiger partial charge is 0.452 e. The summed E-state index contributed by atoms with van der Waals surface area (Å²) >= 11 is 6.43. The molecule has 22 nitrogen and oxygen atoms in total. The molecule has 0 unspecified atom stereocenters. The summed E-state index contributed by atoms with van der Waals surface area (Å²) in [5.74, 6) is -0.313. The fourth-order valence-electron chi connectivity index (χ4n) is 15.2. The maximum Gasteiger partial charge on any atom is 0.297 e. The van der Waals surface area contributed by atoms with Crippen molar-refractivity contribution in [3.63, 3.8) is 0 Å². The molecule has 0 spiro atoms. The van der Waals surface area contributed by atoms with Crippen LogP contribution < -0.4 is 33.9 Å². The predicted molar refractivity (Wildman–Crippen MR) is 458 cm³/mol. The van der Waals surface area contributed by atoms with Gasteiger partial charge in [0.15, 0.2) is 4.67 Å². The quantitative estimate of drug-likeness (QED) is 0.0479. The standard InChI is InChI=1S/C30H30BrFN4O4.C30H29FN4O3S.C30H31FN4O3S/c1-4-18(3)26(35(14-13-33)29(37)19-7-5-17(2)6-8-19)28-34-25-22-15-20(32)9-11-23(22)40-27(25)30(38)36(28)16-21-10-12-24(31)39-21;1-17-3-5-20(6-4-17)29(36)34(12-11-32)26(19-7-8-19)28-33-25-23-14-21(31)9-10-24(23)38-27(25)30(37)35(28)15-22-13-18(2)16-39-22;1-17(2)26(34(12-11-32)29(36)20-7-5-18(3)6-8-20)28-33-25-23-14-21(31)9-10-24(23)38-27(25)30(37)35(28)15-22-13-19(4)16-39-22/h5-12,15,18,26H,4,13-14,16,33H2,1-3H3;3-6,9-10,13-14,16,19,26H,7-8,11-12,15,32H2,1-2H3;5-10,13-14,16-17,26H,11-12,15,32H2,1-4H3/t18-,26-;2*26-/m111/s1. The predicted octanol–water partition coefficient (Wildman–Crippen LogP) is 17.5. The number of hydrogen-bond acceptors (Lipinski definition) is 18. The van der Waals surface area contributed by atoms with Gasteiger partial charge in [0, 0.05) is 81.9 Å². The Balaban J connectivity index is 0.000000145. The average molecular weight is 1700 g/mol. The second-order valence-corrected chi connectivity index (χ2v) is 33.3. The van der Waals surface area contributed by atoms with E-state index >= 15 is 0 Å². The Morgan fingerprint density at radius 1 is 0.475 bits per heavy atom. The normalized spacial score (nSPS) is 13.3. The molecular weight excluding hydrogens is 1610 g/mol. The molecule has 118 heavy (non-hydrogen) atoms. The molecule has 610 valence electrons. The first-order chi connectivity index (χ1) is 56.7. The molecule has 0 bridgehead atoms. The molecule has 6 N–H and O–H groups in total. The second-order valence-electron chi connectivity index (χ2n) is 30.5. The number of carbonyl (C=O) groups is 3. The lowest BCUT2D eigenvalue weighted by atomic mass is 9.95. The molecule has 15 aromatic rings. The van der Waals surface area contributed by atoms with Crippen molar-refractivity contribution in [3.05, 3.63) is 293 Å². The minimum Gasteiger partial charge on any atom is -0.452 e. The smallest absolute Gasteiger partial charge is 0.297 e. The molecule has 1 saturated carbocycles. The van der Waals surface area contributed by atoms with E-state index in [0.29, 0.717) is 103 Å². The highest BCUT2D eigenvalue weighted by molar-refractivity contribution is 9.10. The monoisotopic (exact) mass is 1700 g/mol. The molecule has 4 atom stereocenters. The van der Waals surface area contributed by atoms with Crippen LogP contribution in [0.1, 0.15) is 157 Å². The lowest BCUT2D eigenvalue weighted by molar-refractivity contribution is 0.0595. The summed E-state index contributed by atoms with van der Waals surface area (Å²) in [4.78, 5) is 106. The van der Waals surface area contributed by atoms with Crippen molar-refractivity contribution < 1.29 is 45.2 Å². The number of halogens is 4. The summed E-state index contributed by atoms with van der Waals surface area (Å²) in [6, 6.07) is 40.4. The first-order valence-electron chi connectivity index (χ1n) is 39.2. The maximum atomic E-state index is 14.3. The number of amides is 3. The van der Waals surface area contributed by atoms with Crippen LogP contribution in [-0.4, -0.2) is 100 Å². The average Bonchev–Trinajstić information content (AvgIpc) is 1.57. The Bertz CT molecular complexity index is 6190. The molecule has 1 aliphatic rings. The third-order valence-corrected chi connectivity index (χ3v) is 23.8. The SMILES string of the molecule is CC[C@@H](C)[C@H](c1nc2c(oc3ccc(F)cc32)c(=O)n1Cc1ccc(Br)o1)N(CCN)C(=O)c1ccc(C)cc1.Cc1ccc(C(=O)N(CCN)[C@@H](c2nc3c(oc4ccc(F)cc43)c(=O)n2Cc2cc(C)cs2)C(C)C)cc1.Cc1ccc(C(=O)N(CCN)[C@@H](c2nc3c(oc4ccc(F)cc43)c(=O)n2Cc2cc(C)cs2)C2CC2)cc1. The molecule has 9 heterocycles. The molecule has 28 heteroatoms. The van der Waals surface area contributed by atoms with Gasteiger partial charge in [-0.15, -0.1) is 22.7 Å². The number of aromatic nitrogens is 6. The van der Waals surface area contributed by atoms with Crippen LogP contribution in [0, 0.1) is 69.8 Å². The number of aryl methyl sites for hydroxylation is 5. The lowest BCUT2D eigenvalue weighted by Gasteiger charge is -2.36. The number of furan rings is 4. The number of nitrogens with two attached hydrogens (primary N) is 3. The lowest BCUT2D eigenvalue weighted by Crippen LogP contribution is -2.44. The van der Waals surface area contributed by atoms with Crippen LogP contribution in [0.15, 0.2) is 199 Å². The Labute approximate surface area is 693 Å². The molecule has 6 aromatic carbocycles. The molecule has 1 fully saturated rings. The van der Waals surface area contributed by atoms with Gasteiger partial charge in [0.25, 0.3) is 34.4 Å². The van der Waals surface area contributed by atoms with Crippen LogP contribution in [-0.2, 0) is 19.6 Å². The minimum absolute atomic E-state index is 0.00751. The van der Waals surface area contributed by atoms with Gasteiger partial charge >= 0.3 is 0 Å². The number of nitrogens with zero attached hydrogens (tertiary/aromatic N) is 9.